The number of nitrogens with zero attached hydrogens (tertiary/aromatic N) is 4. The molecule has 7 heteroatoms. The maximum Gasteiger partial charge on any atom is 0.322 e. The van der Waals surface area contributed by atoms with Crippen molar-refractivity contribution in [1.82, 2.24) is 15.0 Å². The van der Waals surface area contributed by atoms with Gasteiger partial charge in [-0.05, 0) is 39.3 Å². The van der Waals surface area contributed by atoms with Gasteiger partial charge in [0.25, 0.3) is 0 Å². The molecule has 0 radical (unpaired) electrons. The Morgan fingerprint density at radius 1 is 1.11 bits per heavy atom. The van der Waals surface area contributed by atoms with Crippen molar-refractivity contribution in [2.45, 2.75) is 39.9 Å². The van der Waals surface area contributed by atoms with Gasteiger partial charge in [-0.15, -0.1) is 0 Å². The van der Waals surface area contributed by atoms with Gasteiger partial charge >= 0.3 is 6.01 Å². The zero-order valence-electron chi connectivity index (χ0n) is 12.1. The predicted octanol–water partition coefficient (Wildman–Crippen LogP) is 2.17. The van der Waals surface area contributed by atoms with Gasteiger partial charge in [0.2, 0.25) is 11.2 Å². The maximum absolute atomic E-state index is 5.86. The lowest BCUT2D eigenvalue weighted by Crippen LogP contribution is -2.26. The summed E-state index contributed by atoms with van der Waals surface area (Å²) >= 11 is 5.86. The summed E-state index contributed by atoms with van der Waals surface area (Å²) in [5.74, 6) is 0.475. The van der Waals surface area contributed by atoms with E-state index in [0.717, 1.165) is 0 Å². The molecule has 0 unspecified atom stereocenters. The Bertz CT molecular complexity index is 401. The van der Waals surface area contributed by atoms with E-state index in [0.29, 0.717) is 19.1 Å². The molecule has 19 heavy (non-hydrogen) atoms. The molecule has 0 saturated carbocycles. The highest BCUT2D eigenvalue weighted by Gasteiger charge is 2.11. The molecule has 0 amide bonds. The van der Waals surface area contributed by atoms with Crippen molar-refractivity contribution < 1.29 is 9.47 Å². The van der Waals surface area contributed by atoms with Gasteiger partial charge in [-0.25, -0.2) is 0 Å². The van der Waals surface area contributed by atoms with Crippen molar-refractivity contribution in [3.8, 4) is 6.01 Å². The molecule has 0 aromatic carbocycles. The van der Waals surface area contributed by atoms with Crippen LogP contribution in [0.3, 0.4) is 0 Å². The summed E-state index contributed by atoms with van der Waals surface area (Å²) in [4.78, 5) is 14.1. The largest absolute Gasteiger partial charge is 0.461 e. The van der Waals surface area contributed by atoms with Crippen LogP contribution in [-0.2, 0) is 4.74 Å². The summed E-state index contributed by atoms with van der Waals surface area (Å²) in [6, 6.07) is 0.238. The number of rotatable bonds is 7. The van der Waals surface area contributed by atoms with Crippen LogP contribution in [0.4, 0.5) is 5.95 Å². The highest BCUT2D eigenvalue weighted by Crippen LogP contribution is 2.15. The normalized spacial score (nSPS) is 11.2. The first-order valence-corrected chi connectivity index (χ1v) is 6.67. The summed E-state index contributed by atoms with van der Waals surface area (Å²) in [7, 11) is 1.87. The van der Waals surface area contributed by atoms with Crippen LogP contribution in [0.2, 0.25) is 5.28 Å². The third-order valence-corrected chi connectivity index (χ3v) is 2.31. The molecule has 1 heterocycles. The maximum atomic E-state index is 5.86. The van der Waals surface area contributed by atoms with Gasteiger partial charge < -0.3 is 14.4 Å². The standard InChI is InChI=1S/C12H21ClN4O2/c1-8(2)18-7-6-17(5)11-14-10(13)15-12(16-11)19-9(3)4/h8-9H,6-7H2,1-5H3. The molecule has 0 bridgehead atoms. The van der Waals surface area contributed by atoms with Crippen molar-refractivity contribution in [1.29, 1.82) is 0 Å². The smallest absolute Gasteiger partial charge is 0.322 e. The van der Waals surface area contributed by atoms with Gasteiger partial charge in [-0.1, -0.05) is 0 Å². The number of likely N-dealkylation sites (N-methyl/N-ethyl adjacent to an activating group) is 1. The number of halogens is 1. The summed E-state index contributed by atoms with van der Waals surface area (Å²) in [6.07, 6.45) is 0.191. The van der Waals surface area contributed by atoms with E-state index in [1.807, 2.05) is 39.6 Å². The molecular weight excluding hydrogens is 268 g/mol. The van der Waals surface area contributed by atoms with Gasteiger partial charge in [-0.3, -0.25) is 0 Å². The molecule has 1 aromatic heterocycles. The Balaban J connectivity index is 2.67. The van der Waals surface area contributed by atoms with E-state index < -0.39 is 0 Å². The lowest BCUT2D eigenvalue weighted by Gasteiger charge is -2.18. The van der Waals surface area contributed by atoms with E-state index in [9.17, 15) is 0 Å². The van der Waals surface area contributed by atoms with E-state index in [-0.39, 0.29) is 23.5 Å². The topological polar surface area (TPSA) is 60.4 Å². The quantitative estimate of drug-likeness (QED) is 0.766. The second kappa shape index (κ2) is 7.45. The van der Waals surface area contributed by atoms with Crippen molar-refractivity contribution in [2.24, 2.45) is 0 Å². The van der Waals surface area contributed by atoms with Crippen LogP contribution in [-0.4, -0.2) is 47.4 Å². The fourth-order valence-electron chi connectivity index (χ4n) is 1.28. The third kappa shape index (κ3) is 6.02. The first-order valence-electron chi connectivity index (χ1n) is 6.29. The Morgan fingerprint density at radius 3 is 2.37 bits per heavy atom. The minimum Gasteiger partial charge on any atom is -0.461 e. The Kier molecular flexibility index (Phi) is 6.24. The molecule has 0 aliphatic carbocycles. The molecule has 0 spiro atoms. The van der Waals surface area contributed by atoms with Crippen molar-refractivity contribution in [3.05, 3.63) is 5.28 Å². The zero-order valence-corrected chi connectivity index (χ0v) is 12.8. The fraction of sp³-hybridized carbons (Fsp3) is 0.750. The van der Waals surface area contributed by atoms with Gasteiger partial charge in [0, 0.05) is 13.6 Å². The highest BCUT2D eigenvalue weighted by molar-refractivity contribution is 6.28. The van der Waals surface area contributed by atoms with E-state index in [2.05, 4.69) is 15.0 Å². The van der Waals surface area contributed by atoms with Gasteiger partial charge in [0.1, 0.15) is 0 Å². The molecule has 0 atom stereocenters. The van der Waals surface area contributed by atoms with Crippen LogP contribution >= 0.6 is 11.6 Å². The van der Waals surface area contributed by atoms with Crippen molar-refractivity contribution >= 4 is 17.5 Å². The number of anilines is 1. The second-order valence-corrected chi connectivity index (χ2v) is 5.03. The first kappa shape index (κ1) is 15.9. The number of ether oxygens (including phenoxy) is 2. The van der Waals surface area contributed by atoms with Gasteiger partial charge in [-0.2, -0.15) is 15.0 Å². The van der Waals surface area contributed by atoms with Crippen LogP contribution in [0.5, 0.6) is 6.01 Å². The Labute approximate surface area is 119 Å². The van der Waals surface area contributed by atoms with Crippen molar-refractivity contribution in [3.63, 3.8) is 0 Å². The number of hydrogen-bond donors (Lipinski definition) is 0. The molecule has 1 rings (SSSR count). The molecule has 6 nitrogen and oxygen atoms in total. The molecule has 1 aromatic rings. The molecule has 0 aliphatic heterocycles. The van der Waals surface area contributed by atoms with Crippen LogP contribution in [0.25, 0.3) is 0 Å². The SMILES string of the molecule is CC(C)OCCN(C)c1nc(Cl)nc(OC(C)C)n1. The zero-order chi connectivity index (χ0) is 14.4. The minimum absolute atomic E-state index is 0.0131. The molecular formula is C12H21ClN4O2. The third-order valence-electron chi connectivity index (χ3n) is 2.14. The van der Waals surface area contributed by atoms with Crippen molar-refractivity contribution in [2.75, 3.05) is 25.1 Å². The average molecular weight is 289 g/mol. The first-order chi connectivity index (χ1) is 8.88. The molecule has 108 valence electrons. The number of hydrogen-bond acceptors (Lipinski definition) is 6. The molecule has 0 N–H and O–H groups in total. The van der Waals surface area contributed by atoms with Crippen LogP contribution in [0.1, 0.15) is 27.7 Å². The summed E-state index contributed by atoms with van der Waals surface area (Å²) < 4.78 is 10.9. The molecule has 0 saturated heterocycles. The van der Waals surface area contributed by atoms with E-state index in [1.54, 1.807) is 0 Å². The fourth-order valence-corrected chi connectivity index (χ4v) is 1.43. The summed E-state index contributed by atoms with van der Waals surface area (Å²) in [6.45, 7) is 9.05. The summed E-state index contributed by atoms with van der Waals surface area (Å²) in [5.41, 5.74) is 0. The summed E-state index contributed by atoms with van der Waals surface area (Å²) in [5, 5.41) is 0.122. The number of aromatic nitrogens is 3. The molecule has 0 fully saturated rings. The Morgan fingerprint density at radius 2 is 1.79 bits per heavy atom. The van der Waals surface area contributed by atoms with E-state index >= 15 is 0 Å². The van der Waals surface area contributed by atoms with Crippen LogP contribution in [0, 0.1) is 0 Å². The van der Waals surface area contributed by atoms with E-state index in [1.165, 1.54) is 0 Å². The van der Waals surface area contributed by atoms with E-state index in [4.69, 9.17) is 21.1 Å². The lowest BCUT2D eigenvalue weighted by atomic mass is 10.5. The predicted molar refractivity (Wildman–Crippen MR) is 75.0 cm³/mol. The van der Waals surface area contributed by atoms with Gasteiger partial charge in [0.05, 0.1) is 18.8 Å². The average Bonchev–Trinajstić information content (AvgIpc) is 2.26. The monoisotopic (exact) mass is 288 g/mol. The molecule has 0 aliphatic rings. The Hall–Kier alpha value is -1.14. The lowest BCUT2D eigenvalue weighted by molar-refractivity contribution is 0.0844. The minimum atomic E-state index is -0.0131. The van der Waals surface area contributed by atoms with Crippen LogP contribution < -0.4 is 9.64 Å². The highest BCUT2D eigenvalue weighted by atomic mass is 35.5. The van der Waals surface area contributed by atoms with Gasteiger partial charge in [0.15, 0.2) is 0 Å². The van der Waals surface area contributed by atoms with Crippen LogP contribution in [0.15, 0.2) is 0 Å². The second-order valence-electron chi connectivity index (χ2n) is 4.69.